The first-order chi connectivity index (χ1) is 17.6. The standard InChI is InChI=1S/C27H29N7O2/c1-18-21(4-5-22-23(18)17-36-27(22)35)24-16-32(9-6-29-24)14-19-12-31-34(15-19)26-10-25(20(11-28)13-30-26)33-7-2-3-8-33/h4-5,10,12-13,15,24,29H,2-3,6-9,14,16-17H2,1H3/t24-/m0/s1. The highest BCUT2D eigenvalue weighted by Crippen LogP contribution is 2.31. The summed E-state index contributed by atoms with van der Waals surface area (Å²) in [6, 6.07) is 8.41. The largest absolute Gasteiger partial charge is 0.457 e. The Kier molecular flexibility index (Phi) is 5.91. The quantitative estimate of drug-likeness (QED) is 0.553. The summed E-state index contributed by atoms with van der Waals surface area (Å²) < 4.78 is 7.03. The van der Waals surface area contributed by atoms with Gasteiger partial charge >= 0.3 is 5.97 Å². The molecule has 6 rings (SSSR count). The van der Waals surface area contributed by atoms with Crippen LogP contribution in [-0.2, 0) is 17.9 Å². The van der Waals surface area contributed by atoms with Crippen LogP contribution in [0.25, 0.3) is 5.82 Å². The van der Waals surface area contributed by atoms with E-state index in [0.717, 1.165) is 80.3 Å². The van der Waals surface area contributed by atoms with Crippen molar-refractivity contribution in [2.24, 2.45) is 0 Å². The molecule has 9 heteroatoms. The van der Waals surface area contributed by atoms with E-state index >= 15 is 0 Å². The van der Waals surface area contributed by atoms with E-state index in [1.54, 1.807) is 10.9 Å². The second-order valence-corrected chi connectivity index (χ2v) is 9.78. The number of hydrogen-bond acceptors (Lipinski definition) is 8. The molecule has 3 aliphatic rings. The summed E-state index contributed by atoms with van der Waals surface area (Å²) in [5, 5.41) is 17.8. The number of hydrogen-bond donors (Lipinski definition) is 1. The van der Waals surface area contributed by atoms with E-state index in [2.05, 4.69) is 44.3 Å². The number of rotatable bonds is 5. The molecule has 9 nitrogen and oxygen atoms in total. The van der Waals surface area contributed by atoms with Gasteiger partial charge in [0.2, 0.25) is 0 Å². The molecule has 3 aliphatic heterocycles. The Labute approximate surface area is 210 Å². The van der Waals surface area contributed by atoms with E-state index in [-0.39, 0.29) is 12.0 Å². The van der Waals surface area contributed by atoms with Gasteiger partial charge < -0.3 is 15.0 Å². The SMILES string of the molecule is Cc1c([C@@H]2CN(Cc3cnn(-c4cc(N5CCCC5)c(C#N)cn4)c3)CCN2)ccc2c1COC2=O. The highest BCUT2D eigenvalue weighted by Gasteiger charge is 2.28. The lowest BCUT2D eigenvalue weighted by Crippen LogP contribution is -2.45. The molecule has 184 valence electrons. The maximum Gasteiger partial charge on any atom is 0.338 e. The first-order valence-electron chi connectivity index (χ1n) is 12.5. The van der Waals surface area contributed by atoms with Gasteiger partial charge in [-0.2, -0.15) is 10.4 Å². The van der Waals surface area contributed by atoms with E-state index in [9.17, 15) is 10.1 Å². The Morgan fingerprint density at radius 2 is 2.08 bits per heavy atom. The Morgan fingerprint density at radius 3 is 2.92 bits per heavy atom. The number of nitriles is 1. The average molecular weight is 484 g/mol. The molecule has 0 unspecified atom stereocenters. The van der Waals surface area contributed by atoms with Crippen molar-refractivity contribution in [1.29, 1.82) is 5.26 Å². The number of fused-ring (bicyclic) bond motifs is 1. The third-order valence-corrected chi connectivity index (χ3v) is 7.55. The van der Waals surface area contributed by atoms with Gasteiger partial charge in [0.25, 0.3) is 0 Å². The molecular weight excluding hydrogens is 454 g/mol. The molecule has 1 atom stereocenters. The highest BCUT2D eigenvalue weighted by molar-refractivity contribution is 5.94. The topological polar surface area (TPSA) is 99.3 Å². The van der Waals surface area contributed by atoms with Gasteiger partial charge in [-0.25, -0.2) is 14.5 Å². The molecule has 0 saturated carbocycles. The minimum Gasteiger partial charge on any atom is -0.457 e. The van der Waals surface area contributed by atoms with Gasteiger partial charge in [0.05, 0.1) is 23.0 Å². The van der Waals surface area contributed by atoms with Gasteiger partial charge in [-0.05, 0) is 37.0 Å². The zero-order valence-corrected chi connectivity index (χ0v) is 20.4. The fourth-order valence-corrected chi connectivity index (χ4v) is 5.60. The Hall–Kier alpha value is -3.74. The van der Waals surface area contributed by atoms with Crippen molar-refractivity contribution in [3.63, 3.8) is 0 Å². The number of anilines is 1. The van der Waals surface area contributed by atoms with Crippen molar-refractivity contribution in [3.8, 4) is 11.9 Å². The van der Waals surface area contributed by atoms with Gasteiger partial charge in [0.15, 0.2) is 5.82 Å². The van der Waals surface area contributed by atoms with Crippen molar-refractivity contribution < 1.29 is 9.53 Å². The number of pyridine rings is 1. The molecule has 2 saturated heterocycles. The van der Waals surface area contributed by atoms with Crippen LogP contribution in [0.15, 0.2) is 36.8 Å². The van der Waals surface area contributed by atoms with Crippen LogP contribution in [0.4, 0.5) is 5.69 Å². The third kappa shape index (κ3) is 4.12. The number of cyclic esters (lactones) is 1. The van der Waals surface area contributed by atoms with E-state index in [0.29, 0.717) is 17.7 Å². The molecule has 0 amide bonds. The number of piperazine rings is 1. The maximum atomic E-state index is 11.9. The van der Waals surface area contributed by atoms with Crippen molar-refractivity contribution in [2.75, 3.05) is 37.6 Å². The predicted octanol–water partition coefficient (Wildman–Crippen LogP) is 2.86. The second-order valence-electron chi connectivity index (χ2n) is 9.78. The maximum absolute atomic E-state index is 11.9. The van der Waals surface area contributed by atoms with Crippen molar-refractivity contribution in [3.05, 3.63) is 70.2 Å². The van der Waals surface area contributed by atoms with Crippen LogP contribution in [0.1, 0.15) is 57.1 Å². The minimum absolute atomic E-state index is 0.193. The molecule has 1 aromatic carbocycles. The Bertz CT molecular complexity index is 1350. The van der Waals surface area contributed by atoms with Crippen LogP contribution >= 0.6 is 0 Å². The first-order valence-corrected chi connectivity index (χ1v) is 12.5. The minimum atomic E-state index is -0.223. The van der Waals surface area contributed by atoms with Gasteiger partial charge in [-0.1, -0.05) is 6.07 Å². The highest BCUT2D eigenvalue weighted by atomic mass is 16.5. The summed E-state index contributed by atoms with van der Waals surface area (Å²) in [6.07, 6.45) is 7.88. The molecule has 0 aliphatic carbocycles. The summed E-state index contributed by atoms with van der Waals surface area (Å²) in [4.78, 5) is 21.1. The average Bonchev–Trinajstić information content (AvgIpc) is 3.67. The lowest BCUT2D eigenvalue weighted by atomic mass is 9.93. The number of ether oxygens (including phenoxy) is 1. The third-order valence-electron chi connectivity index (χ3n) is 7.55. The molecule has 0 radical (unpaired) electrons. The van der Waals surface area contributed by atoms with Gasteiger partial charge in [-0.3, -0.25) is 4.90 Å². The van der Waals surface area contributed by atoms with Crippen LogP contribution in [0.5, 0.6) is 0 Å². The smallest absolute Gasteiger partial charge is 0.338 e. The van der Waals surface area contributed by atoms with Crippen LogP contribution in [0.3, 0.4) is 0 Å². The molecule has 0 spiro atoms. The number of carbonyl (C=O) groups excluding carboxylic acids is 1. The molecule has 1 N–H and O–H groups in total. The number of carbonyl (C=O) groups is 1. The zero-order valence-electron chi connectivity index (χ0n) is 20.4. The molecule has 2 aromatic heterocycles. The Balaban J connectivity index is 1.17. The monoisotopic (exact) mass is 483 g/mol. The molecule has 36 heavy (non-hydrogen) atoms. The number of nitrogens with zero attached hydrogens (tertiary/aromatic N) is 6. The van der Waals surface area contributed by atoms with E-state index in [4.69, 9.17) is 4.74 Å². The first kappa shape index (κ1) is 22.7. The van der Waals surface area contributed by atoms with Crippen LogP contribution < -0.4 is 10.2 Å². The van der Waals surface area contributed by atoms with E-state index in [1.807, 2.05) is 24.5 Å². The van der Waals surface area contributed by atoms with Crippen molar-refractivity contribution in [1.82, 2.24) is 25.0 Å². The van der Waals surface area contributed by atoms with Crippen molar-refractivity contribution in [2.45, 2.75) is 39.0 Å². The second kappa shape index (κ2) is 9.37. The van der Waals surface area contributed by atoms with Gasteiger partial charge in [0.1, 0.15) is 12.7 Å². The van der Waals surface area contributed by atoms with Crippen LogP contribution in [0.2, 0.25) is 0 Å². The normalized spacial score (nSPS) is 19.8. The lowest BCUT2D eigenvalue weighted by molar-refractivity contribution is 0.0535. The fraction of sp³-hybridized carbons (Fsp3) is 0.407. The van der Waals surface area contributed by atoms with E-state index < -0.39 is 0 Å². The summed E-state index contributed by atoms with van der Waals surface area (Å²) in [6.45, 7) is 7.89. The van der Waals surface area contributed by atoms with Crippen molar-refractivity contribution >= 4 is 11.7 Å². The molecule has 5 heterocycles. The number of nitrogens with one attached hydrogen (secondary N) is 1. The van der Waals surface area contributed by atoms with Gasteiger partial charge in [0, 0.05) is 74.9 Å². The predicted molar refractivity (Wildman–Crippen MR) is 134 cm³/mol. The van der Waals surface area contributed by atoms with E-state index in [1.165, 1.54) is 5.56 Å². The molecular formula is C27H29N7O2. The Morgan fingerprint density at radius 1 is 1.22 bits per heavy atom. The molecule has 0 bridgehead atoms. The van der Waals surface area contributed by atoms with Crippen LogP contribution in [-0.4, -0.2) is 58.4 Å². The lowest BCUT2D eigenvalue weighted by Gasteiger charge is -2.34. The molecule has 3 aromatic rings. The summed E-state index contributed by atoms with van der Waals surface area (Å²) in [5.41, 5.74) is 6.75. The zero-order chi connectivity index (χ0) is 24.6. The summed E-state index contributed by atoms with van der Waals surface area (Å²) in [5.74, 6) is 0.505. The fourth-order valence-electron chi connectivity index (χ4n) is 5.60. The van der Waals surface area contributed by atoms with Gasteiger partial charge in [-0.15, -0.1) is 0 Å². The number of aromatic nitrogens is 3. The molecule has 2 fully saturated rings. The summed E-state index contributed by atoms with van der Waals surface area (Å²) in [7, 11) is 0. The van der Waals surface area contributed by atoms with Crippen LogP contribution in [0, 0.1) is 18.3 Å². The summed E-state index contributed by atoms with van der Waals surface area (Å²) >= 11 is 0. The number of esters is 1. The number of benzene rings is 1.